The average Bonchev–Trinajstić information content (AvgIpc) is 1.76. The first-order valence-electron chi connectivity index (χ1n) is 2.21. The summed E-state index contributed by atoms with van der Waals surface area (Å²) >= 11 is 0. The van der Waals surface area contributed by atoms with Gasteiger partial charge in [0, 0.05) is 0 Å². The average molecular weight is 182 g/mol. The van der Waals surface area contributed by atoms with Crippen LogP contribution in [-0.2, 0) is 0 Å². The van der Waals surface area contributed by atoms with Crippen LogP contribution >= 0.6 is 12.4 Å². The maximum Gasteiger partial charge on any atom is 1.00 e. The summed E-state index contributed by atoms with van der Waals surface area (Å²) in [4.78, 5) is 0. The van der Waals surface area contributed by atoms with Gasteiger partial charge < -0.3 is 17.7 Å². The van der Waals surface area contributed by atoms with E-state index in [0.717, 1.165) is 0 Å². The molecule has 0 spiro atoms. The molecule has 1 rings (SSSR count). The first-order valence-corrected chi connectivity index (χ1v) is 2.21. The Kier molecular flexibility index (Phi) is 24.8. The molecule has 1 aliphatic heterocycles. The molecule has 46 valence electrons. The SMILES string of the molecule is C1CCNC1.Cl.[Cl-].[K+]. The minimum atomic E-state index is 0. The zero-order chi connectivity index (χ0) is 3.54. The van der Waals surface area contributed by atoms with E-state index in [2.05, 4.69) is 5.32 Å². The van der Waals surface area contributed by atoms with Crippen LogP contribution in [0.15, 0.2) is 0 Å². The van der Waals surface area contributed by atoms with Crippen LogP contribution in [0.3, 0.4) is 0 Å². The van der Waals surface area contributed by atoms with E-state index in [1.165, 1.54) is 25.9 Å². The molecule has 1 saturated heterocycles. The van der Waals surface area contributed by atoms with Crippen LogP contribution in [0.5, 0.6) is 0 Å². The molecule has 8 heavy (non-hydrogen) atoms. The van der Waals surface area contributed by atoms with Gasteiger partial charge in [-0.3, -0.25) is 0 Å². The van der Waals surface area contributed by atoms with Crippen LogP contribution in [0, 0.1) is 0 Å². The third-order valence-corrected chi connectivity index (χ3v) is 0.957. The molecule has 0 aliphatic carbocycles. The van der Waals surface area contributed by atoms with Crippen molar-refractivity contribution in [1.82, 2.24) is 5.32 Å². The van der Waals surface area contributed by atoms with E-state index in [-0.39, 0.29) is 76.2 Å². The van der Waals surface area contributed by atoms with Gasteiger partial charge in [0.2, 0.25) is 0 Å². The molecule has 1 aliphatic rings. The van der Waals surface area contributed by atoms with E-state index < -0.39 is 0 Å². The Labute approximate surface area is 106 Å². The Morgan fingerprint density at radius 3 is 1.50 bits per heavy atom. The fourth-order valence-electron chi connectivity index (χ4n) is 0.625. The van der Waals surface area contributed by atoms with Gasteiger partial charge in [-0.2, -0.15) is 0 Å². The summed E-state index contributed by atoms with van der Waals surface area (Å²) in [5.41, 5.74) is 0. The predicted molar refractivity (Wildman–Crippen MR) is 29.4 cm³/mol. The van der Waals surface area contributed by atoms with E-state index >= 15 is 0 Å². The van der Waals surface area contributed by atoms with Crippen molar-refractivity contribution in [2.45, 2.75) is 12.8 Å². The molecular weight excluding hydrogens is 172 g/mol. The van der Waals surface area contributed by atoms with Gasteiger partial charge in [0.1, 0.15) is 0 Å². The second-order valence-corrected chi connectivity index (χ2v) is 1.46. The molecule has 0 unspecified atom stereocenters. The molecule has 1 fully saturated rings. The third kappa shape index (κ3) is 8.18. The topological polar surface area (TPSA) is 12.0 Å². The van der Waals surface area contributed by atoms with Crippen molar-refractivity contribution in [2.75, 3.05) is 13.1 Å². The van der Waals surface area contributed by atoms with Gasteiger partial charge in [-0.1, -0.05) is 0 Å². The van der Waals surface area contributed by atoms with Gasteiger partial charge in [0.05, 0.1) is 0 Å². The molecule has 0 atom stereocenters. The zero-order valence-electron chi connectivity index (χ0n) is 5.11. The zero-order valence-corrected chi connectivity index (χ0v) is 9.81. The van der Waals surface area contributed by atoms with Gasteiger partial charge in [-0.25, -0.2) is 0 Å². The monoisotopic (exact) mass is 181 g/mol. The van der Waals surface area contributed by atoms with Crippen LogP contribution in [-0.4, -0.2) is 13.1 Å². The van der Waals surface area contributed by atoms with Crippen molar-refractivity contribution < 1.29 is 63.8 Å². The summed E-state index contributed by atoms with van der Waals surface area (Å²) in [6, 6.07) is 0. The number of nitrogens with one attached hydrogen (secondary N) is 1. The molecule has 4 heteroatoms. The smallest absolute Gasteiger partial charge is 1.00 e. The standard InChI is InChI=1S/C4H9N.2ClH.K/c1-2-4-5-3-1;;;/h5H,1-4H2;2*1H;/q;;;+1/p-1. The first-order chi connectivity index (χ1) is 2.50. The van der Waals surface area contributed by atoms with Crippen molar-refractivity contribution in [3.63, 3.8) is 0 Å². The molecule has 0 amide bonds. The fourth-order valence-corrected chi connectivity index (χ4v) is 0.625. The molecule has 0 radical (unpaired) electrons. The summed E-state index contributed by atoms with van der Waals surface area (Å²) < 4.78 is 0. The van der Waals surface area contributed by atoms with E-state index in [0.29, 0.717) is 0 Å². The van der Waals surface area contributed by atoms with Crippen LogP contribution in [0.1, 0.15) is 12.8 Å². The van der Waals surface area contributed by atoms with Gasteiger partial charge in [-0.15, -0.1) is 12.4 Å². The van der Waals surface area contributed by atoms with Crippen LogP contribution < -0.4 is 69.1 Å². The van der Waals surface area contributed by atoms with Crippen molar-refractivity contribution in [3.8, 4) is 0 Å². The Bertz CT molecular complexity index is 25.6. The van der Waals surface area contributed by atoms with Gasteiger partial charge >= 0.3 is 51.4 Å². The summed E-state index contributed by atoms with van der Waals surface area (Å²) in [7, 11) is 0. The molecule has 0 aromatic rings. The molecular formula is C4H10Cl2KN. The molecule has 0 aromatic heterocycles. The van der Waals surface area contributed by atoms with E-state index in [1.807, 2.05) is 0 Å². The van der Waals surface area contributed by atoms with Gasteiger partial charge in [0.25, 0.3) is 0 Å². The Morgan fingerprint density at radius 2 is 1.38 bits per heavy atom. The van der Waals surface area contributed by atoms with E-state index in [4.69, 9.17) is 0 Å². The minimum absolute atomic E-state index is 0. The Balaban J connectivity index is -0.0000000833. The van der Waals surface area contributed by atoms with Crippen molar-refractivity contribution >= 4 is 12.4 Å². The number of rotatable bonds is 0. The molecule has 0 saturated carbocycles. The molecule has 0 bridgehead atoms. The van der Waals surface area contributed by atoms with Crippen molar-refractivity contribution in [1.29, 1.82) is 0 Å². The number of halogens is 2. The summed E-state index contributed by atoms with van der Waals surface area (Å²) in [6.07, 6.45) is 2.78. The second-order valence-electron chi connectivity index (χ2n) is 1.46. The fraction of sp³-hybridized carbons (Fsp3) is 1.00. The van der Waals surface area contributed by atoms with Crippen LogP contribution in [0.2, 0.25) is 0 Å². The normalized spacial score (nSPS) is 15.0. The second kappa shape index (κ2) is 11.9. The molecule has 1 N–H and O–H groups in total. The maximum absolute atomic E-state index is 3.22. The van der Waals surface area contributed by atoms with Crippen molar-refractivity contribution in [2.24, 2.45) is 0 Å². The summed E-state index contributed by atoms with van der Waals surface area (Å²) in [5.74, 6) is 0. The largest absolute Gasteiger partial charge is 1.00 e. The summed E-state index contributed by atoms with van der Waals surface area (Å²) in [6.45, 7) is 2.50. The third-order valence-electron chi connectivity index (χ3n) is 0.957. The number of hydrogen-bond donors (Lipinski definition) is 1. The van der Waals surface area contributed by atoms with Gasteiger partial charge in [0.15, 0.2) is 0 Å². The van der Waals surface area contributed by atoms with Crippen LogP contribution in [0.25, 0.3) is 0 Å². The van der Waals surface area contributed by atoms with Crippen LogP contribution in [0.4, 0.5) is 0 Å². The Morgan fingerprint density at radius 1 is 1.00 bits per heavy atom. The Hall–Kier alpha value is 2.18. The first kappa shape index (κ1) is 16.6. The number of hydrogen-bond acceptors (Lipinski definition) is 1. The molecule has 1 heterocycles. The van der Waals surface area contributed by atoms with Crippen molar-refractivity contribution in [3.05, 3.63) is 0 Å². The van der Waals surface area contributed by atoms with E-state index in [9.17, 15) is 0 Å². The quantitative estimate of drug-likeness (QED) is 0.369. The summed E-state index contributed by atoms with van der Waals surface area (Å²) in [5, 5.41) is 3.22. The molecule has 0 aromatic carbocycles. The van der Waals surface area contributed by atoms with Gasteiger partial charge in [-0.05, 0) is 25.9 Å². The van der Waals surface area contributed by atoms with E-state index in [1.54, 1.807) is 0 Å². The maximum atomic E-state index is 3.22. The minimum Gasteiger partial charge on any atom is -1.00 e. The molecule has 1 nitrogen and oxygen atoms in total. The predicted octanol–water partition coefficient (Wildman–Crippen LogP) is -5.20.